The molecule has 2 aromatic carbocycles. The molecule has 0 atom stereocenters. The Morgan fingerprint density at radius 3 is 2.35 bits per heavy atom. The Morgan fingerprint density at radius 2 is 1.65 bits per heavy atom. The normalized spacial score (nSPS) is 10.2. The van der Waals surface area contributed by atoms with Gasteiger partial charge in [0.25, 0.3) is 0 Å². The van der Waals surface area contributed by atoms with Crippen LogP contribution in [0.3, 0.4) is 0 Å². The van der Waals surface area contributed by atoms with Gasteiger partial charge in [0.05, 0.1) is 11.4 Å². The van der Waals surface area contributed by atoms with Crippen LogP contribution in [-0.2, 0) is 0 Å². The molecule has 5 nitrogen and oxygen atoms in total. The van der Waals surface area contributed by atoms with Crippen molar-refractivity contribution in [3.63, 3.8) is 0 Å². The van der Waals surface area contributed by atoms with E-state index in [0.29, 0.717) is 16.9 Å². The molecule has 0 aliphatic heterocycles. The van der Waals surface area contributed by atoms with E-state index in [1.807, 2.05) is 32.0 Å². The lowest BCUT2D eigenvalue weighted by atomic mass is 10.1. The quantitative estimate of drug-likeness (QED) is 0.585. The average molecular weight is 311 g/mol. The molecule has 0 aromatic heterocycles. The van der Waals surface area contributed by atoms with Gasteiger partial charge in [-0.05, 0) is 31.5 Å². The molecule has 0 saturated carbocycles. The van der Waals surface area contributed by atoms with Crippen molar-refractivity contribution >= 4 is 23.2 Å². The number of hydrogen-bond donors (Lipinski definition) is 3. The van der Waals surface area contributed by atoms with E-state index in [0.717, 1.165) is 11.1 Å². The molecule has 2 rings (SSSR count). The lowest BCUT2D eigenvalue weighted by Gasteiger charge is -2.10. The average Bonchev–Trinajstić information content (AvgIpc) is 2.51. The maximum Gasteiger partial charge on any atom is 0.319 e. The van der Waals surface area contributed by atoms with Crippen LogP contribution in [0.4, 0.5) is 16.2 Å². The van der Waals surface area contributed by atoms with Gasteiger partial charge in [-0.2, -0.15) is 0 Å². The van der Waals surface area contributed by atoms with E-state index in [2.05, 4.69) is 10.6 Å². The summed E-state index contributed by atoms with van der Waals surface area (Å²) in [5.74, 6) is 0.000342. The number of hydrogen-bond acceptors (Lipinski definition) is 3. The van der Waals surface area contributed by atoms with Crippen LogP contribution in [0.2, 0.25) is 0 Å². The van der Waals surface area contributed by atoms with Gasteiger partial charge in [0.2, 0.25) is 0 Å². The highest BCUT2D eigenvalue weighted by Crippen LogP contribution is 2.19. The van der Waals surface area contributed by atoms with Crippen LogP contribution in [0.15, 0.2) is 42.5 Å². The number of amides is 2. The van der Waals surface area contributed by atoms with Crippen molar-refractivity contribution in [3.8, 4) is 0 Å². The second-order valence-electron chi connectivity index (χ2n) is 5.51. The maximum atomic E-state index is 12.0. The zero-order chi connectivity index (χ0) is 16.8. The molecule has 0 unspecified atom stereocenters. The maximum absolute atomic E-state index is 12.0. The van der Waals surface area contributed by atoms with Crippen LogP contribution < -0.4 is 16.4 Å². The topological polar surface area (TPSA) is 84.2 Å². The lowest BCUT2D eigenvalue weighted by Crippen LogP contribution is -2.30. The van der Waals surface area contributed by atoms with Gasteiger partial charge in [-0.1, -0.05) is 35.9 Å². The third-order valence-electron chi connectivity index (χ3n) is 3.47. The Hall–Kier alpha value is -2.82. The minimum Gasteiger partial charge on any atom is -0.397 e. The number of nitrogens with one attached hydrogen (secondary N) is 2. The molecule has 0 aliphatic rings. The summed E-state index contributed by atoms with van der Waals surface area (Å²) < 4.78 is 0. The summed E-state index contributed by atoms with van der Waals surface area (Å²) in [6.45, 7) is 4.16. The summed E-state index contributed by atoms with van der Waals surface area (Å²) in [7, 11) is 0. The highest BCUT2D eigenvalue weighted by molar-refractivity contribution is 5.97. The molecule has 0 bridgehead atoms. The minimum absolute atomic E-state index is 0.000342. The fourth-order valence-corrected chi connectivity index (χ4v) is 2.12. The van der Waals surface area contributed by atoms with E-state index in [1.54, 1.807) is 24.3 Å². The Labute approximate surface area is 135 Å². The number of anilines is 2. The van der Waals surface area contributed by atoms with Crippen LogP contribution in [0.25, 0.3) is 0 Å². The molecule has 0 radical (unpaired) electrons. The number of benzene rings is 2. The van der Waals surface area contributed by atoms with Gasteiger partial charge in [-0.15, -0.1) is 0 Å². The molecule has 0 fully saturated rings. The molecular weight excluding hydrogens is 290 g/mol. The number of ketones is 1. The molecule has 0 saturated heterocycles. The van der Waals surface area contributed by atoms with Crippen molar-refractivity contribution in [2.45, 2.75) is 20.3 Å². The molecule has 0 aliphatic carbocycles. The number of carbonyl (C=O) groups excluding carboxylic acids is 2. The molecule has 0 heterocycles. The number of rotatable bonds is 5. The van der Waals surface area contributed by atoms with Gasteiger partial charge in [-0.3, -0.25) is 4.79 Å². The Kier molecular flexibility index (Phi) is 5.36. The van der Waals surface area contributed by atoms with E-state index >= 15 is 0 Å². The summed E-state index contributed by atoms with van der Waals surface area (Å²) >= 11 is 0. The molecule has 0 spiro atoms. The Morgan fingerprint density at radius 1 is 1.00 bits per heavy atom. The highest BCUT2D eigenvalue weighted by Gasteiger charge is 2.08. The van der Waals surface area contributed by atoms with Crippen LogP contribution >= 0.6 is 0 Å². The largest absolute Gasteiger partial charge is 0.397 e. The Balaban J connectivity index is 1.81. The number of nitrogens with two attached hydrogens (primary N) is 1. The smallest absolute Gasteiger partial charge is 0.319 e. The summed E-state index contributed by atoms with van der Waals surface area (Å²) in [6, 6.07) is 12.4. The summed E-state index contributed by atoms with van der Waals surface area (Å²) in [5.41, 5.74) is 9.63. The fraction of sp³-hybridized carbons (Fsp3) is 0.222. The van der Waals surface area contributed by atoms with Gasteiger partial charge in [-0.25, -0.2) is 4.79 Å². The summed E-state index contributed by atoms with van der Waals surface area (Å²) in [6.07, 6.45) is 0.250. The SMILES string of the molecule is Cc1ccc(C(=O)CCNC(=O)Nc2cc(C)ccc2N)cc1. The number of Topliss-reactive ketones (excluding diaryl/α,β-unsaturated/α-hetero) is 1. The zero-order valence-electron chi connectivity index (χ0n) is 13.3. The standard InChI is InChI=1S/C18H21N3O2/c1-12-3-6-14(7-4-12)17(22)9-10-20-18(23)21-16-11-13(2)5-8-15(16)19/h3-8,11H,9-10,19H2,1-2H3,(H2,20,21,23). The Bertz CT molecular complexity index is 709. The fourth-order valence-electron chi connectivity index (χ4n) is 2.12. The van der Waals surface area contributed by atoms with E-state index in [4.69, 9.17) is 5.73 Å². The number of carbonyl (C=O) groups is 2. The molecule has 2 amide bonds. The van der Waals surface area contributed by atoms with Gasteiger partial charge in [0, 0.05) is 18.5 Å². The number of nitrogen functional groups attached to an aromatic ring is 1. The molecule has 4 N–H and O–H groups in total. The third-order valence-corrected chi connectivity index (χ3v) is 3.47. The van der Waals surface area contributed by atoms with Crippen molar-refractivity contribution in [3.05, 3.63) is 59.2 Å². The summed E-state index contributed by atoms with van der Waals surface area (Å²) in [5, 5.41) is 5.35. The van der Waals surface area contributed by atoms with E-state index in [9.17, 15) is 9.59 Å². The van der Waals surface area contributed by atoms with Crippen molar-refractivity contribution in [1.29, 1.82) is 0 Å². The predicted molar refractivity (Wildman–Crippen MR) is 92.7 cm³/mol. The van der Waals surface area contributed by atoms with E-state index < -0.39 is 0 Å². The molecule has 23 heavy (non-hydrogen) atoms. The first-order chi connectivity index (χ1) is 11.0. The second-order valence-corrected chi connectivity index (χ2v) is 5.51. The van der Waals surface area contributed by atoms with Gasteiger partial charge in [0.15, 0.2) is 5.78 Å². The van der Waals surface area contributed by atoms with Crippen molar-refractivity contribution in [1.82, 2.24) is 5.32 Å². The molecule has 120 valence electrons. The first-order valence-electron chi connectivity index (χ1n) is 7.46. The van der Waals surface area contributed by atoms with Crippen molar-refractivity contribution < 1.29 is 9.59 Å². The first-order valence-corrected chi connectivity index (χ1v) is 7.46. The first kappa shape index (κ1) is 16.5. The van der Waals surface area contributed by atoms with E-state index in [-0.39, 0.29) is 24.8 Å². The van der Waals surface area contributed by atoms with Crippen molar-refractivity contribution in [2.75, 3.05) is 17.6 Å². The zero-order valence-corrected chi connectivity index (χ0v) is 13.3. The number of aryl methyl sites for hydroxylation is 2. The van der Waals surface area contributed by atoms with E-state index in [1.165, 1.54) is 0 Å². The third kappa shape index (κ3) is 4.85. The van der Waals surface area contributed by atoms with Gasteiger partial charge < -0.3 is 16.4 Å². The number of urea groups is 1. The molecule has 5 heteroatoms. The van der Waals surface area contributed by atoms with Crippen molar-refractivity contribution in [2.24, 2.45) is 0 Å². The summed E-state index contributed by atoms with van der Waals surface area (Å²) in [4.78, 5) is 23.9. The van der Waals surface area contributed by atoms with Crippen LogP contribution in [-0.4, -0.2) is 18.4 Å². The van der Waals surface area contributed by atoms with Crippen LogP contribution in [0.5, 0.6) is 0 Å². The van der Waals surface area contributed by atoms with Gasteiger partial charge in [0.1, 0.15) is 0 Å². The van der Waals surface area contributed by atoms with Crippen LogP contribution in [0.1, 0.15) is 27.9 Å². The van der Waals surface area contributed by atoms with Crippen LogP contribution in [0, 0.1) is 13.8 Å². The highest BCUT2D eigenvalue weighted by atomic mass is 16.2. The minimum atomic E-state index is -0.376. The monoisotopic (exact) mass is 311 g/mol. The second kappa shape index (κ2) is 7.45. The predicted octanol–water partition coefficient (Wildman–Crippen LogP) is 3.28. The lowest BCUT2D eigenvalue weighted by molar-refractivity contribution is 0.0984. The van der Waals surface area contributed by atoms with Gasteiger partial charge >= 0.3 is 6.03 Å². The molecule has 2 aromatic rings. The molecular formula is C18H21N3O2.